The number of rotatable bonds is 8. The molecule has 4 rings (SSSR count). The zero-order valence-electron chi connectivity index (χ0n) is 18.1. The van der Waals surface area contributed by atoms with Crippen LogP contribution in [0.2, 0.25) is 0 Å². The lowest BCUT2D eigenvalue weighted by molar-refractivity contribution is 0.0730. The van der Waals surface area contributed by atoms with Gasteiger partial charge in [-0.25, -0.2) is 12.7 Å². The fourth-order valence-corrected chi connectivity index (χ4v) is 5.61. The summed E-state index contributed by atoms with van der Waals surface area (Å²) in [6.45, 7) is 2.21. The lowest BCUT2D eigenvalue weighted by Gasteiger charge is -2.23. The van der Waals surface area contributed by atoms with Gasteiger partial charge in [-0.1, -0.05) is 72.8 Å². The Labute approximate surface area is 190 Å². The number of hydrogen-bond acceptors (Lipinski definition) is 3. The van der Waals surface area contributed by atoms with Gasteiger partial charge in [-0.05, 0) is 41.7 Å². The summed E-state index contributed by atoms with van der Waals surface area (Å²) in [5, 5.41) is 0. The van der Waals surface area contributed by atoms with Crippen molar-refractivity contribution in [3.8, 4) is 0 Å². The first-order chi connectivity index (χ1) is 15.5. The Hall–Kier alpha value is -2.96. The molecule has 1 amide bonds. The predicted octanol–water partition coefficient (Wildman–Crippen LogP) is 4.45. The van der Waals surface area contributed by atoms with E-state index < -0.39 is 10.0 Å². The van der Waals surface area contributed by atoms with Crippen molar-refractivity contribution in [1.82, 2.24) is 9.21 Å². The molecule has 1 saturated heterocycles. The summed E-state index contributed by atoms with van der Waals surface area (Å²) >= 11 is 0. The van der Waals surface area contributed by atoms with Crippen LogP contribution in [-0.2, 0) is 28.9 Å². The van der Waals surface area contributed by atoms with E-state index >= 15 is 0 Å². The maximum absolute atomic E-state index is 13.4. The molecule has 0 spiro atoms. The Morgan fingerprint density at radius 3 is 1.72 bits per heavy atom. The molecule has 166 valence electrons. The number of benzene rings is 3. The van der Waals surface area contributed by atoms with Crippen LogP contribution < -0.4 is 0 Å². The molecule has 1 aliphatic heterocycles. The van der Waals surface area contributed by atoms with Crippen molar-refractivity contribution in [1.29, 1.82) is 0 Å². The van der Waals surface area contributed by atoms with E-state index in [4.69, 9.17) is 0 Å². The van der Waals surface area contributed by atoms with Gasteiger partial charge in [0.1, 0.15) is 0 Å². The molecule has 0 aliphatic carbocycles. The third-order valence-corrected chi connectivity index (χ3v) is 7.58. The van der Waals surface area contributed by atoms with Crippen LogP contribution in [0.25, 0.3) is 0 Å². The molecule has 0 radical (unpaired) electrons. The van der Waals surface area contributed by atoms with Crippen LogP contribution in [0.5, 0.6) is 0 Å². The number of carbonyl (C=O) groups is 1. The molecule has 1 fully saturated rings. The fourth-order valence-electron chi connectivity index (χ4n) is 4.00. The molecule has 1 aliphatic rings. The lowest BCUT2D eigenvalue weighted by atomic mass is 10.1. The highest BCUT2D eigenvalue weighted by atomic mass is 32.2. The van der Waals surface area contributed by atoms with Crippen molar-refractivity contribution in [2.45, 2.75) is 31.7 Å². The van der Waals surface area contributed by atoms with Crippen molar-refractivity contribution in [3.63, 3.8) is 0 Å². The molecule has 6 heteroatoms. The second-order valence-electron chi connectivity index (χ2n) is 8.19. The Morgan fingerprint density at radius 2 is 1.22 bits per heavy atom. The van der Waals surface area contributed by atoms with Gasteiger partial charge in [-0.2, -0.15) is 0 Å². The SMILES string of the molecule is O=C(c1ccc(CS(=O)(=O)N2CCCC2)cc1)N(Cc1ccccc1)Cc1ccccc1. The van der Waals surface area contributed by atoms with E-state index in [1.807, 2.05) is 65.6 Å². The number of amides is 1. The highest BCUT2D eigenvalue weighted by molar-refractivity contribution is 7.88. The summed E-state index contributed by atoms with van der Waals surface area (Å²) in [5.74, 6) is -0.106. The quantitative estimate of drug-likeness (QED) is 0.511. The van der Waals surface area contributed by atoms with Crippen LogP contribution in [0, 0.1) is 0 Å². The van der Waals surface area contributed by atoms with Crippen LogP contribution in [0.15, 0.2) is 84.9 Å². The molecule has 32 heavy (non-hydrogen) atoms. The zero-order valence-corrected chi connectivity index (χ0v) is 18.9. The molecule has 3 aromatic rings. The third-order valence-electron chi connectivity index (χ3n) is 5.73. The van der Waals surface area contributed by atoms with Gasteiger partial charge in [0.2, 0.25) is 10.0 Å². The van der Waals surface area contributed by atoms with Crippen molar-refractivity contribution in [2.24, 2.45) is 0 Å². The number of sulfonamides is 1. The summed E-state index contributed by atoms with van der Waals surface area (Å²) in [5.41, 5.74) is 3.38. The van der Waals surface area contributed by atoms with Crippen molar-refractivity contribution < 1.29 is 13.2 Å². The van der Waals surface area contributed by atoms with Gasteiger partial charge in [0.05, 0.1) is 5.75 Å². The van der Waals surface area contributed by atoms with Gasteiger partial charge in [0.15, 0.2) is 0 Å². The van der Waals surface area contributed by atoms with E-state index in [0.717, 1.165) is 24.0 Å². The minimum atomic E-state index is -3.31. The lowest BCUT2D eigenvalue weighted by Crippen LogP contribution is -2.30. The molecule has 0 N–H and O–H groups in total. The maximum atomic E-state index is 13.4. The van der Waals surface area contributed by atoms with Crippen molar-refractivity contribution in [2.75, 3.05) is 13.1 Å². The molecular weight excluding hydrogens is 420 g/mol. The molecular formula is C26H28N2O3S. The first kappa shape index (κ1) is 22.2. The molecule has 3 aromatic carbocycles. The summed E-state index contributed by atoms with van der Waals surface area (Å²) < 4.78 is 26.7. The first-order valence-electron chi connectivity index (χ1n) is 11.0. The largest absolute Gasteiger partial charge is 0.330 e. The minimum Gasteiger partial charge on any atom is -0.330 e. The molecule has 0 bridgehead atoms. The van der Waals surface area contributed by atoms with E-state index in [2.05, 4.69) is 0 Å². The summed E-state index contributed by atoms with van der Waals surface area (Å²) in [6, 6.07) is 26.8. The van der Waals surface area contributed by atoms with E-state index in [-0.39, 0.29) is 11.7 Å². The summed E-state index contributed by atoms with van der Waals surface area (Å²) in [4.78, 5) is 15.2. The van der Waals surface area contributed by atoms with E-state index in [9.17, 15) is 13.2 Å². The fraction of sp³-hybridized carbons (Fsp3) is 0.269. The van der Waals surface area contributed by atoms with Crippen LogP contribution in [0.3, 0.4) is 0 Å². The minimum absolute atomic E-state index is 0.0286. The van der Waals surface area contributed by atoms with Gasteiger partial charge >= 0.3 is 0 Å². The third kappa shape index (κ3) is 5.64. The van der Waals surface area contributed by atoms with Gasteiger partial charge in [-0.15, -0.1) is 0 Å². The Bertz CT molecular complexity index is 1080. The normalized spacial score (nSPS) is 14.4. The molecule has 1 heterocycles. The Morgan fingerprint density at radius 1 is 0.719 bits per heavy atom. The smallest absolute Gasteiger partial charge is 0.254 e. The number of nitrogens with zero attached hydrogens (tertiary/aromatic N) is 2. The highest BCUT2D eigenvalue weighted by Crippen LogP contribution is 2.19. The van der Waals surface area contributed by atoms with E-state index in [1.54, 1.807) is 28.6 Å². The van der Waals surface area contributed by atoms with Gasteiger partial charge in [0, 0.05) is 31.7 Å². The molecule has 0 atom stereocenters. The average molecular weight is 449 g/mol. The molecule has 0 unspecified atom stereocenters. The molecule has 0 saturated carbocycles. The number of hydrogen-bond donors (Lipinski definition) is 0. The summed E-state index contributed by atoms with van der Waals surface area (Å²) in [7, 11) is -3.31. The predicted molar refractivity (Wildman–Crippen MR) is 126 cm³/mol. The van der Waals surface area contributed by atoms with Crippen LogP contribution >= 0.6 is 0 Å². The van der Waals surface area contributed by atoms with E-state index in [0.29, 0.717) is 37.3 Å². The van der Waals surface area contributed by atoms with Crippen LogP contribution in [0.1, 0.15) is 39.9 Å². The monoisotopic (exact) mass is 448 g/mol. The average Bonchev–Trinajstić information content (AvgIpc) is 3.36. The standard InChI is InChI=1S/C26H28N2O3S/c29-26(25-15-13-24(14-16-25)21-32(30,31)28-17-7-8-18-28)27(19-22-9-3-1-4-10-22)20-23-11-5-2-6-12-23/h1-6,9-16H,7-8,17-21H2. The second-order valence-corrected chi connectivity index (χ2v) is 10.2. The second kappa shape index (κ2) is 10.1. The highest BCUT2D eigenvalue weighted by Gasteiger charge is 2.25. The Kier molecular flexibility index (Phi) is 7.02. The number of carbonyl (C=O) groups excluding carboxylic acids is 1. The molecule has 0 aromatic heterocycles. The topological polar surface area (TPSA) is 57.7 Å². The van der Waals surface area contributed by atoms with Gasteiger partial charge in [0.25, 0.3) is 5.91 Å². The Balaban J connectivity index is 1.50. The van der Waals surface area contributed by atoms with Crippen molar-refractivity contribution >= 4 is 15.9 Å². The first-order valence-corrected chi connectivity index (χ1v) is 12.6. The van der Waals surface area contributed by atoms with Gasteiger partial charge < -0.3 is 4.90 Å². The summed E-state index contributed by atoms with van der Waals surface area (Å²) in [6.07, 6.45) is 1.84. The zero-order chi connectivity index (χ0) is 22.4. The molecule has 5 nitrogen and oxygen atoms in total. The van der Waals surface area contributed by atoms with Gasteiger partial charge in [-0.3, -0.25) is 4.79 Å². The maximum Gasteiger partial charge on any atom is 0.254 e. The van der Waals surface area contributed by atoms with Crippen molar-refractivity contribution in [3.05, 3.63) is 107 Å². The van der Waals surface area contributed by atoms with E-state index in [1.165, 1.54) is 0 Å². The van der Waals surface area contributed by atoms with Crippen LogP contribution in [0.4, 0.5) is 0 Å². The van der Waals surface area contributed by atoms with Crippen LogP contribution in [-0.4, -0.2) is 36.6 Å².